The van der Waals surface area contributed by atoms with Gasteiger partial charge in [-0.25, -0.2) is 4.98 Å². The van der Waals surface area contributed by atoms with Crippen LogP contribution in [0.3, 0.4) is 0 Å². The van der Waals surface area contributed by atoms with Gasteiger partial charge < -0.3 is 30.7 Å². The summed E-state index contributed by atoms with van der Waals surface area (Å²) in [5.74, 6) is 4.89. The Balaban J connectivity index is 1.72. The number of aliphatic hydroxyl groups excluding tert-OH is 3. The van der Waals surface area contributed by atoms with Gasteiger partial charge in [0.05, 0.1) is 30.0 Å². The van der Waals surface area contributed by atoms with Crippen LogP contribution in [0.5, 0.6) is 0 Å². The van der Waals surface area contributed by atoms with Crippen LogP contribution >= 0.6 is 11.6 Å². The molecule has 4 rings (SSSR count). The number of nitrogens with two attached hydrogens (primary N) is 1. The molecule has 3 aromatic rings. The Kier molecular flexibility index (Phi) is 4.88. The second-order valence-corrected chi connectivity index (χ2v) is 7.65. The number of aryl methyl sites for hydroxylation is 1. The van der Waals surface area contributed by atoms with E-state index in [0.717, 1.165) is 11.1 Å². The molecule has 1 aliphatic carbocycles. The van der Waals surface area contributed by atoms with Crippen molar-refractivity contribution in [2.45, 2.75) is 37.7 Å². The molecule has 0 saturated heterocycles. The molecular formula is C19H22ClN5O3. The quantitative estimate of drug-likeness (QED) is 0.330. The standard InChI is InChI=1S/C19H22ClN5O3/c1-9-6-13-18(24-21)22-8-23-19(13)25(9)14-7-12(16(27)17(14)28)15(26)10-2-4-11(20)5-3-10/h2-6,8,12,14-17,26-28H,7,21H2,1H3,(H,22,23,24)/t12-,14-,15?,16-,17+/m1/s1. The largest absolute Gasteiger partial charge is 0.390 e. The van der Waals surface area contributed by atoms with E-state index in [4.69, 9.17) is 17.4 Å². The lowest BCUT2D eigenvalue weighted by molar-refractivity contribution is -0.0265. The van der Waals surface area contributed by atoms with Crippen molar-refractivity contribution >= 4 is 22.6 Å². The van der Waals surface area contributed by atoms with Crippen LogP contribution in [0.2, 0.25) is 5.02 Å². The highest BCUT2D eigenvalue weighted by Crippen LogP contribution is 2.43. The van der Waals surface area contributed by atoms with E-state index in [1.54, 1.807) is 24.3 Å². The van der Waals surface area contributed by atoms with Gasteiger partial charge in [-0.1, -0.05) is 23.7 Å². The first-order valence-electron chi connectivity index (χ1n) is 9.01. The zero-order chi connectivity index (χ0) is 20.0. The van der Waals surface area contributed by atoms with E-state index >= 15 is 0 Å². The van der Waals surface area contributed by atoms with Crippen molar-refractivity contribution in [2.24, 2.45) is 16.9 Å². The highest BCUT2D eigenvalue weighted by Gasteiger charge is 2.46. The Morgan fingerprint density at radius 1 is 1.29 bits per heavy atom. The van der Waals surface area contributed by atoms with Gasteiger partial charge in [0.1, 0.15) is 11.8 Å². The number of hydrogen-bond acceptors (Lipinski definition) is 6. The van der Waals surface area contributed by atoms with E-state index < -0.39 is 30.3 Å². The molecule has 1 saturated carbocycles. The molecule has 28 heavy (non-hydrogen) atoms. The third kappa shape index (κ3) is 2.98. The number of aromatic amines is 1. The number of aromatic nitrogens is 3. The normalized spacial score (nSPS) is 26.8. The van der Waals surface area contributed by atoms with Gasteiger partial charge in [0.25, 0.3) is 0 Å². The lowest BCUT2D eigenvalue weighted by Crippen LogP contribution is -2.31. The highest BCUT2D eigenvalue weighted by atomic mass is 35.5. The van der Waals surface area contributed by atoms with Crippen molar-refractivity contribution in [3.63, 3.8) is 0 Å². The van der Waals surface area contributed by atoms with Gasteiger partial charge in [-0.2, -0.15) is 5.10 Å². The summed E-state index contributed by atoms with van der Waals surface area (Å²) < 4.78 is 1.91. The predicted octanol–water partition coefficient (Wildman–Crippen LogP) is 1.12. The average Bonchev–Trinajstić information content (AvgIpc) is 3.17. The Labute approximate surface area is 165 Å². The van der Waals surface area contributed by atoms with Gasteiger partial charge in [0.15, 0.2) is 5.49 Å². The molecule has 0 spiro atoms. The Morgan fingerprint density at radius 2 is 2.00 bits per heavy atom. The molecule has 8 nitrogen and oxygen atoms in total. The molecule has 0 radical (unpaired) electrons. The molecule has 1 unspecified atom stereocenters. The van der Waals surface area contributed by atoms with E-state index in [1.807, 2.05) is 17.6 Å². The van der Waals surface area contributed by atoms with Crippen molar-refractivity contribution in [3.8, 4) is 0 Å². The number of hydrogen-bond donors (Lipinski definition) is 5. The number of nitrogens with zero attached hydrogens (tertiary/aromatic N) is 3. The van der Waals surface area contributed by atoms with Crippen LogP contribution in [0, 0.1) is 12.8 Å². The molecule has 1 aliphatic rings. The second kappa shape index (κ2) is 7.21. The number of H-pyrrole nitrogens is 1. The molecule has 0 bridgehead atoms. The van der Waals surface area contributed by atoms with Gasteiger partial charge >= 0.3 is 0 Å². The van der Waals surface area contributed by atoms with Gasteiger partial charge in [-0.05, 0) is 37.1 Å². The van der Waals surface area contributed by atoms with Crippen LogP contribution in [0.25, 0.3) is 11.0 Å². The summed E-state index contributed by atoms with van der Waals surface area (Å²) in [7, 11) is 0. The summed E-state index contributed by atoms with van der Waals surface area (Å²) in [6.07, 6.45) is -1.16. The third-order valence-corrected chi connectivity index (χ3v) is 5.88. The molecule has 1 fully saturated rings. The van der Waals surface area contributed by atoms with Crippen molar-refractivity contribution in [1.29, 1.82) is 0 Å². The Hall–Kier alpha value is -2.39. The predicted molar refractivity (Wildman–Crippen MR) is 104 cm³/mol. The van der Waals surface area contributed by atoms with E-state index in [0.29, 0.717) is 28.1 Å². The summed E-state index contributed by atoms with van der Waals surface area (Å²) >= 11 is 5.92. The number of rotatable bonds is 3. The number of halogens is 1. The topological polar surface area (TPSA) is 133 Å². The maximum atomic E-state index is 10.8. The molecule has 6 N–H and O–H groups in total. The minimum atomic E-state index is -1.08. The van der Waals surface area contributed by atoms with Gasteiger partial charge in [0.2, 0.25) is 0 Å². The third-order valence-electron chi connectivity index (χ3n) is 5.63. The fourth-order valence-corrected chi connectivity index (χ4v) is 4.37. The zero-order valence-corrected chi connectivity index (χ0v) is 16.0. The molecule has 9 heteroatoms. The smallest absolute Gasteiger partial charge is 0.183 e. The summed E-state index contributed by atoms with van der Waals surface area (Å²) in [6, 6.07) is 8.29. The fraction of sp³-hybridized carbons (Fsp3) is 0.368. The molecular weight excluding hydrogens is 382 g/mol. The molecule has 0 amide bonds. The van der Waals surface area contributed by atoms with Crippen LogP contribution in [-0.2, 0) is 0 Å². The molecule has 1 aromatic carbocycles. The fourth-order valence-electron chi connectivity index (χ4n) is 4.24. The van der Waals surface area contributed by atoms with E-state index in [1.165, 1.54) is 6.33 Å². The highest BCUT2D eigenvalue weighted by molar-refractivity contribution is 6.30. The molecule has 5 atom stereocenters. The minimum Gasteiger partial charge on any atom is -0.390 e. The zero-order valence-electron chi connectivity index (χ0n) is 15.2. The lowest BCUT2D eigenvalue weighted by Gasteiger charge is -2.22. The monoisotopic (exact) mass is 403 g/mol. The van der Waals surface area contributed by atoms with Crippen molar-refractivity contribution in [2.75, 3.05) is 0 Å². The van der Waals surface area contributed by atoms with Crippen molar-refractivity contribution in [3.05, 3.63) is 58.4 Å². The second-order valence-electron chi connectivity index (χ2n) is 7.22. The van der Waals surface area contributed by atoms with Crippen LogP contribution < -0.4 is 11.3 Å². The van der Waals surface area contributed by atoms with Crippen LogP contribution in [0.4, 0.5) is 0 Å². The summed E-state index contributed by atoms with van der Waals surface area (Å²) in [5, 5.41) is 37.2. The first-order valence-corrected chi connectivity index (χ1v) is 9.39. The summed E-state index contributed by atoms with van der Waals surface area (Å²) in [4.78, 5) is 7.18. The molecule has 2 aromatic heterocycles. The SMILES string of the molecule is Cc1cc2/c(=N\N)nc[nH]c2n1[C@@H]1C[C@H](C(O)c2ccc(Cl)cc2)[C@@H](O)[C@H]1O. The summed E-state index contributed by atoms with van der Waals surface area (Å²) in [6.45, 7) is 1.90. The summed E-state index contributed by atoms with van der Waals surface area (Å²) in [5.41, 5.74) is 2.60. The Morgan fingerprint density at radius 3 is 2.68 bits per heavy atom. The van der Waals surface area contributed by atoms with Crippen LogP contribution in [0.1, 0.15) is 29.8 Å². The van der Waals surface area contributed by atoms with Crippen LogP contribution in [0.15, 0.2) is 41.8 Å². The van der Waals surface area contributed by atoms with E-state index in [-0.39, 0.29) is 0 Å². The lowest BCUT2D eigenvalue weighted by atomic mass is 9.92. The number of fused-ring (bicyclic) bond motifs is 1. The molecule has 148 valence electrons. The molecule has 2 heterocycles. The van der Waals surface area contributed by atoms with Crippen molar-refractivity contribution in [1.82, 2.24) is 14.5 Å². The maximum absolute atomic E-state index is 10.8. The number of aliphatic hydroxyl groups is 3. The number of benzene rings is 1. The van der Waals surface area contributed by atoms with Crippen LogP contribution in [-0.4, -0.2) is 42.1 Å². The first kappa shape index (κ1) is 18.9. The number of nitrogens with one attached hydrogen (secondary N) is 1. The van der Waals surface area contributed by atoms with Gasteiger partial charge in [-0.15, -0.1) is 0 Å². The Bertz CT molecular complexity index is 1060. The maximum Gasteiger partial charge on any atom is 0.183 e. The first-order chi connectivity index (χ1) is 13.4. The van der Waals surface area contributed by atoms with E-state index in [2.05, 4.69) is 15.1 Å². The van der Waals surface area contributed by atoms with Gasteiger partial charge in [0, 0.05) is 16.6 Å². The average molecular weight is 404 g/mol. The molecule has 0 aliphatic heterocycles. The van der Waals surface area contributed by atoms with Gasteiger partial charge in [-0.3, -0.25) is 0 Å². The minimum absolute atomic E-state index is 0.390. The van der Waals surface area contributed by atoms with Crippen molar-refractivity contribution < 1.29 is 15.3 Å². The van der Waals surface area contributed by atoms with E-state index in [9.17, 15) is 15.3 Å².